The predicted octanol–water partition coefficient (Wildman–Crippen LogP) is 0.0568. The van der Waals surface area contributed by atoms with E-state index in [1.165, 1.54) is 4.31 Å². The molecule has 1 aromatic rings. The van der Waals surface area contributed by atoms with Gasteiger partial charge in [-0.2, -0.15) is 4.31 Å². The van der Waals surface area contributed by atoms with Crippen LogP contribution in [0.4, 0.5) is 0 Å². The van der Waals surface area contributed by atoms with Crippen LogP contribution >= 0.6 is 0 Å². The molecule has 0 radical (unpaired) electrons. The van der Waals surface area contributed by atoms with E-state index in [-0.39, 0.29) is 5.75 Å². The van der Waals surface area contributed by atoms with Crippen molar-refractivity contribution in [1.29, 1.82) is 0 Å². The Morgan fingerprint density at radius 2 is 2.05 bits per heavy atom. The van der Waals surface area contributed by atoms with Crippen molar-refractivity contribution >= 4 is 10.0 Å². The van der Waals surface area contributed by atoms with Crippen LogP contribution in [0.1, 0.15) is 11.4 Å². The van der Waals surface area contributed by atoms with E-state index in [1.807, 2.05) is 25.1 Å². The van der Waals surface area contributed by atoms with Crippen molar-refractivity contribution < 1.29 is 8.42 Å². The Balaban J connectivity index is 1.88. The molecule has 118 valence electrons. The highest BCUT2D eigenvalue weighted by molar-refractivity contribution is 7.89. The molecule has 0 amide bonds. The Morgan fingerprint density at radius 3 is 2.71 bits per heavy atom. The standard InChI is InChI=1S/C14H24N4O2S/c1-13-4-3-5-14(16-13)12-17(2)21(19,20)11-10-18-8-6-15-7-9-18/h3-5,15H,6-12H2,1-2H3. The van der Waals surface area contributed by atoms with Gasteiger partial charge < -0.3 is 5.32 Å². The second-order valence-electron chi connectivity index (χ2n) is 5.43. The van der Waals surface area contributed by atoms with Gasteiger partial charge in [-0.1, -0.05) is 6.07 Å². The molecule has 0 atom stereocenters. The molecule has 0 saturated carbocycles. The molecule has 21 heavy (non-hydrogen) atoms. The minimum atomic E-state index is -3.24. The maximum absolute atomic E-state index is 12.3. The zero-order valence-electron chi connectivity index (χ0n) is 12.7. The highest BCUT2D eigenvalue weighted by atomic mass is 32.2. The summed E-state index contributed by atoms with van der Waals surface area (Å²) in [5.74, 6) is 0.162. The fraction of sp³-hybridized carbons (Fsp3) is 0.643. The van der Waals surface area contributed by atoms with Crippen LogP contribution < -0.4 is 5.32 Å². The van der Waals surface area contributed by atoms with E-state index in [0.717, 1.165) is 37.6 Å². The highest BCUT2D eigenvalue weighted by Gasteiger charge is 2.20. The number of sulfonamides is 1. The summed E-state index contributed by atoms with van der Waals surface area (Å²) >= 11 is 0. The number of nitrogens with one attached hydrogen (secondary N) is 1. The van der Waals surface area contributed by atoms with Gasteiger partial charge in [-0.05, 0) is 19.1 Å². The molecule has 1 N–H and O–H groups in total. The van der Waals surface area contributed by atoms with Crippen molar-refractivity contribution in [3.05, 3.63) is 29.6 Å². The molecule has 0 spiro atoms. The number of hydrogen-bond donors (Lipinski definition) is 1. The molecular weight excluding hydrogens is 288 g/mol. The first-order valence-electron chi connectivity index (χ1n) is 7.27. The number of rotatable bonds is 6. The molecule has 0 aliphatic carbocycles. The van der Waals surface area contributed by atoms with Crippen molar-refractivity contribution in [3.63, 3.8) is 0 Å². The molecule has 7 heteroatoms. The molecule has 1 fully saturated rings. The summed E-state index contributed by atoms with van der Waals surface area (Å²) in [7, 11) is -1.62. The Kier molecular flexibility index (Phi) is 5.69. The van der Waals surface area contributed by atoms with Crippen LogP contribution in [0.15, 0.2) is 18.2 Å². The maximum Gasteiger partial charge on any atom is 0.215 e. The summed E-state index contributed by atoms with van der Waals surface area (Å²) < 4.78 is 26.0. The van der Waals surface area contributed by atoms with Gasteiger partial charge in [0.25, 0.3) is 0 Å². The van der Waals surface area contributed by atoms with E-state index in [1.54, 1.807) is 7.05 Å². The molecule has 1 aromatic heterocycles. The minimum absolute atomic E-state index is 0.162. The average molecular weight is 312 g/mol. The summed E-state index contributed by atoms with van der Waals surface area (Å²) in [6.45, 7) is 6.52. The lowest BCUT2D eigenvalue weighted by atomic mass is 10.3. The van der Waals surface area contributed by atoms with Gasteiger partial charge in [0.1, 0.15) is 0 Å². The van der Waals surface area contributed by atoms with Crippen LogP contribution in [-0.4, -0.2) is 68.1 Å². The van der Waals surface area contributed by atoms with Crippen molar-refractivity contribution in [2.24, 2.45) is 0 Å². The van der Waals surface area contributed by atoms with Gasteiger partial charge in [0, 0.05) is 45.5 Å². The summed E-state index contributed by atoms with van der Waals surface area (Å²) in [6, 6.07) is 5.66. The van der Waals surface area contributed by atoms with E-state index >= 15 is 0 Å². The van der Waals surface area contributed by atoms with Crippen LogP contribution in [0.2, 0.25) is 0 Å². The first kappa shape index (κ1) is 16.4. The number of piperazine rings is 1. The van der Waals surface area contributed by atoms with Gasteiger partial charge in [-0.25, -0.2) is 8.42 Å². The van der Waals surface area contributed by atoms with Gasteiger partial charge >= 0.3 is 0 Å². The van der Waals surface area contributed by atoms with Gasteiger partial charge in [0.15, 0.2) is 0 Å². The Bertz CT molecular complexity index is 556. The number of nitrogens with zero attached hydrogens (tertiary/aromatic N) is 3. The predicted molar refractivity (Wildman–Crippen MR) is 83.5 cm³/mol. The van der Waals surface area contributed by atoms with Crippen LogP contribution in [0.5, 0.6) is 0 Å². The smallest absolute Gasteiger partial charge is 0.215 e. The summed E-state index contributed by atoms with van der Waals surface area (Å²) in [4.78, 5) is 6.54. The van der Waals surface area contributed by atoms with Gasteiger partial charge in [0.2, 0.25) is 10.0 Å². The molecule has 1 aliphatic rings. The van der Waals surface area contributed by atoms with Crippen LogP contribution in [-0.2, 0) is 16.6 Å². The molecule has 2 heterocycles. The van der Waals surface area contributed by atoms with Crippen molar-refractivity contribution in [2.75, 3.05) is 45.5 Å². The third kappa shape index (κ3) is 5.03. The topological polar surface area (TPSA) is 65.5 Å². The van der Waals surface area contributed by atoms with Crippen LogP contribution in [0.25, 0.3) is 0 Å². The Hall–Kier alpha value is -1.02. The first-order chi connectivity index (χ1) is 9.97. The van der Waals surface area contributed by atoms with Crippen molar-refractivity contribution in [3.8, 4) is 0 Å². The van der Waals surface area contributed by atoms with Crippen LogP contribution in [0, 0.1) is 6.92 Å². The zero-order chi connectivity index (χ0) is 15.3. The second-order valence-corrected chi connectivity index (χ2v) is 7.63. The zero-order valence-corrected chi connectivity index (χ0v) is 13.6. The molecule has 0 bridgehead atoms. The number of hydrogen-bond acceptors (Lipinski definition) is 5. The van der Waals surface area contributed by atoms with Crippen LogP contribution in [0.3, 0.4) is 0 Å². The van der Waals surface area contributed by atoms with E-state index < -0.39 is 10.0 Å². The Morgan fingerprint density at radius 1 is 1.33 bits per heavy atom. The average Bonchev–Trinajstić information content (AvgIpc) is 2.46. The molecule has 0 unspecified atom stereocenters. The molecule has 0 aromatic carbocycles. The van der Waals surface area contributed by atoms with E-state index in [0.29, 0.717) is 13.1 Å². The summed E-state index contributed by atoms with van der Waals surface area (Å²) in [6.07, 6.45) is 0. The molecular formula is C14H24N4O2S. The molecule has 6 nitrogen and oxygen atoms in total. The lowest BCUT2D eigenvalue weighted by Gasteiger charge is -2.27. The van der Waals surface area contributed by atoms with Crippen molar-refractivity contribution in [2.45, 2.75) is 13.5 Å². The third-order valence-electron chi connectivity index (χ3n) is 3.68. The largest absolute Gasteiger partial charge is 0.314 e. The monoisotopic (exact) mass is 312 g/mol. The lowest BCUT2D eigenvalue weighted by Crippen LogP contribution is -2.46. The minimum Gasteiger partial charge on any atom is -0.314 e. The highest BCUT2D eigenvalue weighted by Crippen LogP contribution is 2.07. The van der Waals surface area contributed by atoms with E-state index in [4.69, 9.17) is 0 Å². The molecule has 1 aliphatic heterocycles. The quantitative estimate of drug-likeness (QED) is 0.804. The fourth-order valence-corrected chi connectivity index (χ4v) is 3.48. The van der Waals surface area contributed by atoms with Gasteiger partial charge in [-0.3, -0.25) is 9.88 Å². The first-order valence-corrected chi connectivity index (χ1v) is 8.88. The number of pyridine rings is 1. The number of aromatic nitrogens is 1. The summed E-state index contributed by atoms with van der Waals surface area (Å²) in [5, 5.41) is 3.26. The van der Waals surface area contributed by atoms with E-state index in [2.05, 4.69) is 15.2 Å². The third-order valence-corrected chi connectivity index (χ3v) is 5.46. The lowest BCUT2D eigenvalue weighted by molar-refractivity contribution is 0.252. The SMILES string of the molecule is Cc1cccc(CN(C)S(=O)(=O)CCN2CCNCC2)n1. The Labute approximate surface area is 127 Å². The number of aryl methyl sites for hydroxylation is 1. The van der Waals surface area contributed by atoms with Crippen molar-refractivity contribution in [1.82, 2.24) is 19.5 Å². The fourth-order valence-electron chi connectivity index (χ4n) is 2.35. The second kappa shape index (κ2) is 7.31. The molecule has 2 rings (SSSR count). The normalized spacial score (nSPS) is 17.3. The van der Waals surface area contributed by atoms with E-state index in [9.17, 15) is 8.42 Å². The van der Waals surface area contributed by atoms with Gasteiger partial charge in [0.05, 0.1) is 18.0 Å². The maximum atomic E-state index is 12.3. The molecule has 1 saturated heterocycles. The van der Waals surface area contributed by atoms with Gasteiger partial charge in [-0.15, -0.1) is 0 Å². The summed E-state index contributed by atoms with van der Waals surface area (Å²) in [5.41, 5.74) is 1.68.